The Balaban J connectivity index is 2.05. The lowest BCUT2D eigenvalue weighted by Gasteiger charge is -2.13. The van der Waals surface area contributed by atoms with Gasteiger partial charge in [0.1, 0.15) is 24.6 Å². The number of oxime groups is 2. The maximum absolute atomic E-state index is 5.99. The highest BCUT2D eigenvalue weighted by molar-refractivity contribution is 6.53. The number of halogens is 2. The number of hydrogen-bond donors (Lipinski definition) is 0. The van der Waals surface area contributed by atoms with Gasteiger partial charge in [-0.05, 0) is 37.1 Å². The molecule has 4 nitrogen and oxygen atoms in total. The first-order chi connectivity index (χ1) is 11.7. The van der Waals surface area contributed by atoms with Gasteiger partial charge in [0.05, 0.1) is 0 Å². The third-order valence-electron chi connectivity index (χ3n) is 3.49. The van der Waals surface area contributed by atoms with Gasteiger partial charge < -0.3 is 9.68 Å². The standard InChI is InChI=1S/C18H16Cl2N2O2/c19-15-7-3-13(4-8-15)17-18(14-5-9-16(20)10-6-14)22-24-12-2-1-11-23-21-17/h3-10H,1-2,11-12H2/b21-17-,22-18+. The van der Waals surface area contributed by atoms with E-state index in [9.17, 15) is 0 Å². The predicted octanol–water partition coefficient (Wildman–Crippen LogP) is 4.93. The van der Waals surface area contributed by atoms with E-state index in [2.05, 4.69) is 10.3 Å². The van der Waals surface area contributed by atoms with Gasteiger partial charge in [-0.25, -0.2) is 0 Å². The Kier molecular flexibility index (Phi) is 5.72. The smallest absolute Gasteiger partial charge is 0.139 e. The zero-order chi connectivity index (χ0) is 16.8. The van der Waals surface area contributed by atoms with E-state index in [1.165, 1.54) is 0 Å². The SMILES string of the molecule is Clc1ccc(C2=N/OCCCCO\N=C\2c2ccc(Cl)cc2)cc1. The van der Waals surface area contributed by atoms with Gasteiger partial charge >= 0.3 is 0 Å². The first kappa shape index (κ1) is 16.8. The van der Waals surface area contributed by atoms with Gasteiger partial charge in [0, 0.05) is 21.2 Å². The number of nitrogens with zero attached hydrogens (tertiary/aromatic N) is 2. The molecule has 0 N–H and O–H groups in total. The lowest BCUT2D eigenvalue weighted by atomic mass is 10.00. The second-order valence-electron chi connectivity index (χ2n) is 5.27. The van der Waals surface area contributed by atoms with Crippen molar-refractivity contribution in [2.75, 3.05) is 13.2 Å². The molecule has 1 heterocycles. The summed E-state index contributed by atoms with van der Waals surface area (Å²) in [6.07, 6.45) is 1.73. The van der Waals surface area contributed by atoms with E-state index < -0.39 is 0 Å². The quantitative estimate of drug-likeness (QED) is 0.759. The van der Waals surface area contributed by atoms with Crippen LogP contribution in [-0.2, 0) is 9.68 Å². The normalized spacial score (nSPS) is 19.9. The Morgan fingerprint density at radius 1 is 0.625 bits per heavy atom. The molecule has 0 amide bonds. The third kappa shape index (κ3) is 4.28. The second kappa shape index (κ2) is 8.18. The fraction of sp³-hybridized carbons (Fsp3) is 0.222. The van der Waals surface area contributed by atoms with Crippen molar-refractivity contribution < 1.29 is 9.68 Å². The molecule has 124 valence electrons. The van der Waals surface area contributed by atoms with Crippen molar-refractivity contribution in [2.24, 2.45) is 10.3 Å². The van der Waals surface area contributed by atoms with Gasteiger partial charge in [0.25, 0.3) is 0 Å². The average molecular weight is 363 g/mol. The molecule has 3 rings (SSSR count). The Morgan fingerprint density at radius 3 is 1.38 bits per heavy atom. The summed E-state index contributed by atoms with van der Waals surface area (Å²) < 4.78 is 0. The van der Waals surface area contributed by atoms with E-state index in [1.54, 1.807) is 24.3 Å². The van der Waals surface area contributed by atoms with Crippen molar-refractivity contribution in [3.8, 4) is 0 Å². The molecule has 0 radical (unpaired) electrons. The molecule has 0 fully saturated rings. The summed E-state index contributed by atoms with van der Waals surface area (Å²) in [7, 11) is 0. The monoisotopic (exact) mass is 362 g/mol. The van der Waals surface area contributed by atoms with Crippen LogP contribution in [0.15, 0.2) is 58.8 Å². The molecule has 6 heteroatoms. The molecule has 0 bridgehead atoms. The largest absolute Gasteiger partial charge is 0.395 e. The van der Waals surface area contributed by atoms with Crippen LogP contribution in [0.25, 0.3) is 0 Å². The molecule has 0 unspecified atom stereocenters. The Morgan fingerprint density at radius 2 is 1.00 bits per heavy atom. The van der Waals surface area contributed by atoms with Crippen molar-refractivity contribution in [3.05, 3.63) is 69.7 Å². The van der Waals surface area contributed by atoms with Gasteiger partial charge in [-0.2, -0.15) is 0 Å². The minimum absolute atomic E-state index is 0.536. The summed E-state index contributed by atoms with van der Waals surface area (Å²) in [4.78, 5) is 11.0. The van der Waals surface area contributed by atoms with Gasteiger partial charge in [-0.15, -0.1) is 0 Å². The fourth-order valence-electron chi connectivity index (χ4n) is 2.23. The number of rotatable bonds is 2. The van der Waals surface area contributed by atoms with E-state index in [0.29, 0.717) is 34.7 Å². The molecule has 0 atom stereocenters. The Hall–Kier alpha value is -2.04. The van der Waals surface area contributed by atoms with E-state index >= 15 is 0 Å². The highest BCUT2D eigenvalue weighted by atomic mass is 35.5. The third-order valence-corrected chi connectivity index (χ3v) is 4.00. The van der Waals surface area contributed by atoms with Crippen molar-refractivity contribution >= 4 is 34.6 Å². The molecule has 2 aromatic carbocycles. The van der Waals surface area contributed by atoms with E-state index in [-0.39, 0.29) is 0 Å². The van der Waals surface area contributed by atoms with Crippen LogP contribution in [0.5, 0.6) is 0 Å². The summed E-state index contributed by atoms with van der Waals surface area (Å²) in [5.74, 6) is 0. The predicted molar refractivity (Wildman–Crippen MR) is 97.1 cm³/mol. The summed E-state index contributed by atoms with van der Waals surface area (Å²) >= 11 is 12.0. The minimum Gasteiger partial charge on any atom is -0.395 e. The molecular formula is C18H16Cl2N2O2. The highest BCUT2D eigenvalue weighted by Crippen LogP contribution is 2.17. The van der Waals surface area contributed by atoms with E-state index in [0.717, 1.165) is 24.0 Å². The number of benzene rings is 2. The molecular weight excluding hydrogens is 347 g/mol. The molecule has 1 aliphatic heterocycles. The van der Waals surface area contributed by atoms with Crippen LogP contribution in [0.1, 0.15) is 24.0 Å². The Labute approximate surface area is 150 Å². The topological polar surface area (TPSA) is 43.2 Å². The lowest BCUT2D eigenvalue weighted by molar-refractivity contribution is 0.108. The van der Waals surface area contributed by atoms with Crippen LogP contribution in [0.4, 0.5) is 0 Å². The van der Waals surface area contributed by atoms with Crippen LogP contribution in [0, 0.1) is 0 Å². The molecule has 24 heavy (non-hydrogen) atoms. The zero-order valence-electron chi connectivity index (χ0n) is 12.9. The lowest BCUT2D eigenvalue weighted by Crippen LogP contribution is -2.19. The van der Waals surface area contributed by atoms with Crippen molar-refractivity contribution in [1.82, 2.24) is 0 Å². The molecule has 2 aromatic rings. The molecule has 1 aliphatic rings. The van der Waals surface area contributed by atoms with Crippen LogP contribution >= 0.6 is 23.2 Å². The fourth-order valence-corrected chi connectivity index (χ4v) is 2.49. The van der Waals surface area contributed by atoms with Crippen LogP contribution < -0.4 is 0 Å². The maximum atomic E-state index is 5.99. The summed E-state index contributed by atoms with van der Waals surface area (Å²) in [5, 5.41) is 9.90. The highest BCUT2D eigenvalue weighted by Gasteiger charge is 2.17. The van der Waals surface area contributed by atoms with Gasteiger partial charge in [-0.1, -0.05) is 57.8 Å². The Bertz CT molecular complexity index is 675. The zero-order valence-corrected chi connectivity index (χ0v) is 14.4. The average Bonchev–Trinajstić information content (AvgIpc) is 2.61. The second-order valence-corrected chi connectivity index (χ2v) is 6.14. The number of hydrogen-bond acceptors (Lipinski definition) is 4. The van der Waals surface area contributed by atoms with Crippen molar-refractivity contribution in [2.45, 2.75) is 12.8 Å². The van der Waals surface area contributed by atoms with E-state index in [4.69, 9.17) is 32.9 Å². The van der Waals surface area contributed by atoms with Gasteiger partial charge in [0.2, 0.25) is 0 Å². The minimum atomic E-state index is 0.536. The molecule has 0 saturated carbocycles. The molecule has 0 aliphatic carbocycles. The molecule has 0 aromatic heterocycles. The molecule has 0 spiro atoms. The molecule has 0 saturated heterocycles. The van der Waals surface area contributed by atoms with Gasteiger partial charge in [-0.3, -0.25) is 0 Å². The first-order valence-electron chi connectivity index (χ1n) is 7.66. The maximum Gasteiger partial charge on any atom is 0.139 e. The van der Waals surface area contributed by atoms with Crippen LogP contribution in [-0.4, -0.2) is 24.6 Å². The summed E-state index contributed by atoms with van der Waals surface area (Å²) in [6.45, 7) is 1.07. The first-order valence-corrected chi connectivity index (χ1v) is 8.42. The van der Waals surface area contributed by atoms with Crippen LogP contribution in [0.2, 0.25) is 10.0 Å². The van der Waals surface area contributed by atoms with E-state index in [1.807, 2.05) is 24.3 Å². The van der Waals surface area contributed by atoms with Crippen molar-refractivity contribution in [3.63, 3.8) is 0 Å². The van der Waals surface area contributed by atoms with Crippen LogP contribution in [0.3, 0.4) is 0 Å². The summed E-state index contributed by atoms with van der Waals surface area (Å²) in [5.41, 5.74) is 2.88. The van der Waals surface area contributed by atoms with Crippen molar-refractivity contribution in [1.29, 1.82) is 0 Å². The summed E-state index contributed by atoms with van der Waals surface area (Å²) in [6, 6.07) is 14.7. The van der Waals surface area contributed by atoms with Gasteiger partial charge in [0.15, 0.2) is 0 Å².